The minimum absolute atomic E-state index is 0.121. The van der Waals surface area contributed by atoms with Crippen molar-refractivity contribution in [3.8, 4) is 11.8 Å². The Bertz CT molecular complexity index is 301. The van der Waals surface area contributed by atoms with Crippen LogP contribution in [0.4, 0.5) is 0 Å². The molecule has 0 bridgehead atoms. The van der Waals surface area contributed by atoms with Crippen LogP contribution in [0.25, 0.3) is 0 Å². The zero-order chi connectivity index (χ0) is 14.3. The lowest BCUT2D eigenvalue weighted by molar-refractivity contribution is 0.0465. The van der Waals surface area contributed by atoms with E-state index in [1.807, 2.05) is 0 Å². The first-order chi connectivity index (χ1) is 8.87. The van der Waals surface area contributed by atoms with Gasteiger partial charge in [0.15, 0.2) is 0 Å². The van der Waals surface area contributed by atoms with Gasteiger partial charge in [0.1, 0.15) is 0 Å². The van der Waals surface area contributed by atoms with Crippen LogP contribution in [0.5, 0.6) is 0 Å². The van der Waals surface area contributed by atoms with Gasteiger partial charge in [0.05, 0.1) is 19.3 Å². The van der Waals surface area contributed by atoms with Crippen LogP contribution in [0.3, 0.4) is 0 Å². The van der Waals surface area contributed by atoms with E-state index in [1.165, 1.54) is 0 Å². The minimum atomic E-state index is 0.121. The Morgan fingerprint density at radius 1 is 1.05 bits per heavy atom. The van der Waals surface area contributed by atoms with Crippen LogP contribution in [0.15, 0.2) is 0 Å². The van der Waals surface area contributed by atoms with E-state index in [4.69, 9.17) is 4.74 Å². The molecule has 19 heavy (non-hydrogen) atoms. The normalized spacial score (nSPS) is 18.4. The lowest BCUT2D eigenvalue weighted by Crippen LogP contribution is -2.47. The molecule has 1 rings (SSSR count). The first kappa shape index (κ1) is 16.5. The molecular weight excluding hydrogens is 236 g/mol. The molecule has 1 fully saturated rings. The second-order valence-electron chi connectivity index (χ2n) is 6.59. The van der Waals surface area contributed by atoms with E-state index in [0.29, 0.717) is 6.10 Å². The zero-order valence-corrected chi connectivity index (χ0v) is 13.3. The summed E-state index contributed by atoms with van der Waals surface area (Å²) < 4.78 is 5.60. The van der Waals surface area contributed by atoms with Crippen molar-refractivity contribution < 1.29 is 4.74 Å². The molecule has 0 amide bonds. The maximum absolute atomic E-state index is 5.60. The van der Waals surface area contributed by atoms with Crippen LogP contribution in [0.1, 0.15) is 34.6 Å². The van der Waals surface area contributed by atoms with Crippen molar-refractivity contribution in [2.24, 2.45) is 5.41 Å². The largest absolute Gasteiger partial charge is 0.377 e. The van der Waals surface area contributed by atoms with E-state index >= 15 is 0 Å². The van der Waals surface area contributed by atoms with Crippen molar-refractivity contribution in [2.45, 2.75) is 40.7 Å². The average Bonchev–Trinajstić information content (AvgIpc) is 2.29. The summed E-state index contributed by atoms with van der Waals surface area (Å²) in [4.78, 5) is 4.93. The van der Waals surface area contributed by atoms with Gasteiger partial charge in [-0.1, -0.05) is 11.8 Å². The van der Waals surface area contributed by atoms with E-state index in [2.05, 4.69) is 56.3 Å². The van der Waals surface area contributed by atoms with Gasteiger partial charge in [-0.2, -0.15) is 0 Å². The summed E-state index contributed by atoms with van der Waals surface area (Å²) in [6.45, 7) is 18.0. The molecular formula is C16H30N2O. The number of hydrogen-bond donors (Lipinski definition) is 0. The van der Waals surface area contributed by atoms with Gasteiger partial charge in [0, 0.05) is 38.1 Å². The fraction of sp³-hybridized carbons (Fsp3) is 0.875. The van der Waals surface area contributed by atoms with Crippen LogP contribution in [-0.4, -0.2) is 61.8 Å². The highest BCUT2D eigenvalue weighted by molar-refractivity contribution is 5.08. The van der Waals surface area contributed by atoms with E-state index in [1.54, 1.807) is 0 Å². The molecule has 0 saturated carbocycles. The topological polar surface area (TPSA) is 15.7 Å². The Balaban J connectivity index is 2.16. The Hall–Kier alpha value is -0.560. The van der Waals surface area contributed by atoms with Crippen molar-refractivity contribution in [1.82, 2.24) is 9.80 Å². The van der Waals surface area contributed by atoms with Crippen molar-refractivity contribution in [3.63, 3.8) is 0 Å². The average molecular weight is 266 g/mol. The van der Waals surface area contributed by atoms with Crippen LogP contribution >= 0.6 is 0 Å². The SMILES string of the molecule is CC(C)OCCN1CCN(CC#CC(C)(C)C)CC1. The molecule has 3 nitrogen and oxygen atoms in total. The molecule has 0 aliphatic carbocycles. The smallest absolute Gasteiger partial charge is 0.0602 e. The Morgan fingerprint density at radius 2 is 1.63 bits per heavy atom. The van der Waals surface area contributed by atoms with Gasteiger partial charge in [-0.05, 0) is 34.6 Å². The zero-order valence-electron chi connectivity index (χ0n) is 13.3. The van der Waals surface area contributed by atoms with Crippen LogP contribution < -0.4 is 0 Å². The summed E-state index contributed by atoms with van der Waals surface area (Å²) in [5.41, 5.74) is 0.121. The maximum Gasteiger partial charge on any atom is 0.0602 e. The van der Waals surface area contributed by atoms with Gasteiger partial charge in [-0.25, -0.2) is 0 Å². The van der Waals surface area contributed by atoms with Gasteiger partial charge in [-0.15, -0.1) is 0 Å². The summed E-state index contributed by atoms with van der Waals surface area (Å²) in [5, 5.41) is 0. The highest BCUT2D eigenvalue weighted by atomic mass is 16.5. The number of rotatable bonds is 5. The van der Waals surface area contributed by atoms with Crippen molar-refractivity contribution in [3.05, 3.63) is 0 Å². The van der Waals surface area contributed by atoms with Gasteiger partial charge in [0.2, 0.25) is 0 Å². The van der Waals surface area contributed by atoms with Crippen LogP contribution in [0, 0.1) is 17.3 Å². The molecule has 1 saturated heterocycles. The summed E-state index contributed by atoms with van der Waals surface area (Å²) in [6, 6.07) is 0. The minimum Gasteiger partial charge on any atom is -0.377 e. The molecule has 1 aliphatic rings. The third kappa shape index (κ3) is 8.26. The number of hydrogen-bond acceptors (Lipinski definition) is 3. The summed E-state index contributed by atoms with van der Waals surface area (Å²) >= 11 is 0. The molecule has 0 aromatic carbocycles. The standard InChI is InChI=1S/C16H30N2O/c1-15(2)19-14-13-18-11-9-17(10-12-18)8-6-7-16(3,4)5/h15H,8-14H2,1-5H3. The molecule has 1 heterocycles. The third-order valence-corrected chi connectivity index (χ3v) is 3.09. The first-order valence-corrected chi connectivity index (χ1v) is 7.43. The lowest BCUT2D eigenvalue weighted by Gasteiger charge is -2.33. The fourth-order valence-corrected chi connectivity index (χ4v) is 2.01. The van der Waals surface area contributed by atoms with Crippen LogP contribution in [-0.2, 0) is 4.74 Å². The Morgan fingerprint density at radius 3 is 2.16 bits per heavy atom. The summed E-state index contributed by atoms with van der Waals surface area (Å²) in [5.74, 6) is 6.60. The molecule has 0 unspecified atom stereocenters. The predicted molar refractivity (Wildman–Crippen MR) is 81.2 cm³/mol. The predicted octanol–water partition coefficient (Wildman–Crippen LogP) is 2.08. The van der Waals surface area contributed by atoms with Crippen molar-refractivity contribution in [1.29, 1.82) is 0 Å². The monoisotopic (exact) mass is 266 g/mol. The van der Waals surface area contributed by atoms with E-state index in [9.17, 15) is 0 Å². The van der Waals surface area contributed by atoms with E-state index in [0.717, 1.165) is 45.9 Å². The Kier molecular flexibility index (Phi) is 6.85. The first-order valence-electron chi connectivity index (χ1n) is 7.43. The van der Waals surface area contributed by atoms with Crippen LogP contribution in [0.2, 0.25) is 0 Å². The highest BCUT2D eigenvalue weighted by Crippen LogP contribution is 2.09. The molecule has 0 aromatic rings. The number of nitrogens with zero attached hydrogens (tertiary/aromatic N) is 2. The van der Waals surface area contributed by atoms with E-state index in [-0.39, 0.29) is 5.41 Å². The molecule has 110 valence electrons. The van der Waals surface area contributed by atoms with Gasteiger partial charge >= 0.3 is 0 Å². The van der Waals surface area contributed by atoms with Gasteiger partial charge in [-0.3, -0.25) is 9.80 Å². The maximum atomic E-state index is 5.60. The van der Waals surface area contributed by atoms with Crippen molar-refractivity contribution in [2.75, 3.05) is 45.9 Å². The molecule has 1 aliphatic heterocycles. The molecule has 3 heteroatoms. The summed E-state index contributed by atoms with van der Waals surface area (Å²) in [7, 11) is 0. The van der Waals surface area contributed by atoms with E-state index < -0.39 is 0 Å². The fourth-order valence-electron chi connectivity index (χ4n) is 2.01. The molecule has 0 N–H and O–H groups in total. The molecule has 0 radical (unpaired) electrons. The quantitative estimate of drug-likeness (QED) is 0.709. The lowest BCUT2D eigenvalue weighted by atomic mass is 9.98. The Labute approximate surface area is 119 Å². The molecule has 0 atom stereocenters. The number of ether oxygens (including phenoxy) is 1. The third-order valence-electron chi connectivity index (χ3n) is 3.09. The molecule has 0 aromatic heterocycles. The van der Waals surface area contributed by atoms with Crippen molar-refractivity contribution >= 4 is 0 Å². The second-order valence-corrected chi connectivity index (χ2v) is 6.59. The summed E-state index contributed by atoms with van der Waals surface area (Å²) in [6.07, 6.45) is 0.342. The van der Waals surface area contributed by atoms with Gasteiger partial charge in [0.25, 0.3) is 0 Å². The second kappa shape index (κ2) is 7.89. The number of piperazine rings is 1. The molecule has 0 spiro atoms. The highest BCUT2D eigenvalue weighted by Gasteiger charge is 2.15. The van der Waals surface area contributed by atoms with Gasteiger partial charge < -0.3 is 4.74 Å².